The molecule has 0 bridgehead atoms. The molecule has 1 aromatic rings. The van der Waals surface area contributed by atoms with E-state index in [1.807, 2.05) is 39.2 Å². The highest BCUT2D eigenvalue weighted by atomic mass is 16.5. The number of nitrogens with zero attached hydrogens (tertiary/aromatic N) is 1. The van der Waals surface area contributed by atoms with Crippen molar-refractivity contribution < 1.29 is 9.84 Å². The zero-order valence-electron chi connectivity index (χ0n) is 10.4. The van der Waals surface area contributed by atoms with Gasteiger partial charge in [-0.1, -0.05) is 18.2 Å². The van der Waals surface area contributed by atoms with Gasteiger partial charge in [-0.2, -0.15) is 0 Å². The first-order valence-corrected chi connectivity index (χ1v) is 5.62. The van der Waals surface area contributed by atoms with Crippen molar-refractivity contribution in [2.24, 2.45) is 0 Å². The van der Waals surface area contributed by atoms with Crippen LogP contribution in [0.1, 0.15) is 17.5 Å². The van der Waals surface area contributed by atoms with Crippen LogP contribution >= 0.6 is 0 Å². The summed E-state index contributed by atoms with van der Waals surface area (Å²) in [5.74, 6) is 0.837. The van der Waals surface area contributed by atoms with Crippen LogP contribution in [0.15, 0.2) is 18.2 Å². The van der Waals surface area contributed by atoms with Gasteiger partial charge in [-0.15, -0.1) is 0 Å². The van der Waals surface area contributed by atoms with E-state index < -0.39 is 0 Å². The number of aliphatic hydroxyl groups excluding tert-OH is 1. The summed E-state index contributed by atoms with van der Waals surface area (Å²) in [5.41, 5.74) is 1.95. The molecule has 3 nitrogen and oxygen atoms in total. The highest BCUT2D eigenvalue weighted by molar-refractivity contribution is 5.40. The molecule has 0 saturated heterocycles. The Morgan fingerprint density at radius 1 is 1.31 bits per heavy atom. The monoisotopic (exact) mass is 223 g/mol. The third kappa shape index (κ3) is 3.83. The maximum Gasteiger partial charge on any atom is 0.127 e. The lowest BCUT2D eigenvalue weighted by molar-refractivity contribution is 0.252. The Bertz CT molecular complexity index is 324. The van der Waals surface area contributed by atoms with E-state index in [-0.39, 0.29) is 6.61 Å². The lowest BCUT2D eigenvalue weighted by Crippen LogP contribution is -2.16. The average molecular weight is 223 g/mol. The number of aryl methyl sites for hydroxylation is 1. The van der Waals surface area contributed by atoms with E-state index >= 15 is 0 Å². The normalized spacial score (nSPS) is 10.8. The van der Waals surface area contributed by atoms with E-state index in [1.165, 1.54) is 0 Å². The molecule has 16 heavy (non-hydrogen) atoms. The number of rotatable bonds is 6. The fraction of sp³-hybridized carbons (Fsp3) is 0.538. The predicted molar refractivity (Wildman–Crippen MR) is 65.8 cm³/mol. The van der Waals surface area contributed by atoms with Crippen molar-refractivity contribution in [3.05, 3.63) is 29.3 Å². The Morgan fingerprint density at radius 3 is 2.69 bits per heavy atom. The van der Waals surface area contributed by atoms with Gasteiger partial charge in [0, 0.05) is 12.1 Å². The molecule has 0 aromatic heterocycles. The minimum atomic E-state index is 0.0324. The summed E-state index contributed by atoms with van der Waals surface area (Å²) >= 11 is 0. The highest BCUT2D eigenvalue weighted by Crippen LogP contribution is 2.23. The number of hydrogen-bond acceptors (Lipinski definition) is 3. The summed E-state index contributed by atoms with van der Waals surface area (Å²) in [6.07, 6.45) is 0.992. The van der Waals surface area contributed by atoms with Gasteiger partial charge in [0.05, 0.1) is 13.2 Å². The minimum Gasteiger partial charge on any atom is -0.493 e. The lowest BCUT2D eigenvalue weighted by atomic mass is 10.1. The molecule has 0 heterocycles. The van der Waals surface area contributed by atoms with Crippen molar-refractivity contribution in [1.82, 2.24) is 4.90 Å². The van der Waals surface area contributed by atoms with Gasteiger partial charge >= 0.3 is 0 Å². The van der Waals surface area contributed by atoms with E-state index in [2.05, 4.69) is 4.90 Å². The van der Waals surface area contributed by atoms with E-state index in [4.69, 9.17) is 4.74 Å². The smallest absolute Gasteiger partial charge is 0.127 e. The fourth-order valence-electron chi connectivity index (χ4n) is 1.60. The van der Waals surface area contributed by atoms with Gasteiger partial charge in [0.25, 0.3) is 0 Å². The van der Waals surface area contributed by atoms with Crippen molar-refractivity contribution in [3.8, 4) is 5.75 Å². The van der Waals surface area contributed by atoms with Crippen LogP contribution in [0.5, 0.6) is 5.75 Å². The van der Waals surface area contributed by atoms with E-state index in [0.29, 0.717) is 6.61 Å². The molecular formula is C13H21NO2. The Balaban J connectivity index is 2.52. The van der Waals surface area contributed by atoms with Crippen molar-refractivity contribution in [2.45, 2.75) is 20.0 Å². The van der Waals surface area contributed by atoms with Gasteiger partial charge in [-0.25, -0.2) is 0 Å². The van der Waals surface area contributed by atoms with Gasteiger partial charge < -0.3 is 14.7 Å². The molecule has 0 atom stereocenters. The van der Waals surface area contributed by atoms with Crippen LogP contribution in [0.3, 0.4) is 0 Å². The molecule has 0 fully saturated rings. The second kappa shape index (κ2) is 6.51. The first kappa shape index (κ1) is 13.0. The predicted octanol–water partition coefficient (Wildman–Crippen LogP) is 1.82. The number of benzene rings is 1. The molecule has 0 aliphatic rings. The van der Waals surface area contributed by atoms with Crippen molar-refractivity contribution in [2.75, 3.05) is 27.2 Å². The standard InChI is InChI=1S/C13H21NO2/c1-11-6-4-7-12(10-15)13(11)16-9-5-8-14(2)3/h4,6-7,15H,5,8-10H2,1-3H3. The maximum atomic E-state index is 9.20. The first-order valence-electron chi connectivity index (χ1n) is 5.62. The van der Waals surface area contributed by atoms with Crippen LogP contribution in [-0.4, -0.2) is 37.3 Å². The Kier molecular flexibility index (Phi) is 5.29. The van der Waals surface area contributed by atoms with Crippen LogP contribution in [0, 0.1) is 6.92 Å². The van der Waals surface area contributed by atoms with Crippen LogP contribution < -0.4 is 4.74 Å². The van der Waals surface area contributed by atoms with Gasteiger partial charge in [0.1, 0.15) is 5.75 Å². The molecule has 0 aliphatic heterocycles. The molecule has 0 spiro atoms. The number of para-hydroxylation sites is 1. The fourth-order valence-corrected chi connectivity index (χ4v) is 1.60. The van der Waals surface area contributed by atoms with Gasteiger partial charge in [-0.3, -0.25) is 0 Å². The zero-order valence-corrected chi connectivity index (χ0v) is 10.4. The third-order valence-corrected chi connectivity index (χ3v) is 2.46. The molecule has 0 radical (unpaired) electrons. The molecule has 0 amide bonds. The molecule has 0 aliphatic carbocycles. The van der Waals surface area contributed by atoms with Gasteiger partial charge in [-0.05, 0) is 33.0 Å². The van der Waals surface area contributed by atoms with Crippen molar-refractivity contribution in [1.29, 1.82) is 0 Å². The van der Waals surface area contributed by atoms with E-state index in [0.717, 1.165) is 29.8 Å². The summed E-state index contributed by atoms with van der Waals surface area (Å²) in [6.45, 7) is 3.74. The Labute approximate surface area is 97.7 Å². The molecule has 1 N–H and O–H groups in total. The molecule has 90 valence electrons. The third-order valence-electron chi connectivity index (χ3n) is 2.46. The number of ether oxygens (including phenoxy) is 1. The largest absolute Gasteiger partial charge is 0.493 e. The van der Waals surface area contributed by atoms with Crippen LogP contribution in [0.25, 0.3) is 0 Å². The van der Waals surface area contributed by atoms with Crippen molar-refractivity contribution >= 4 is 0 Å². The lowest BCUT2D eigenvalue weighted by Gasteiger charge is -2.14. The molecule has 0 unspecified atom stereocenters. The summed E-state index contributed by atoms with van der Waals surface area (Å²) in [5, 5.41) is 9.20. The molecule has 0 saturated carbocycles. The maximum absolute atomic E-state index is 9.20. The molecule has 1 aromatic carbocycles. The number of hydrogen-bond donors (Lipinski definition) is 1. The van der Waals surface area contributed by atoms with Crippen molar-refractivity contribution in [3.63, 3.8) is 0 Å². The second-order valence-corrected chi connectivity index (χ2v) is 4.23. The average Bonchev–Trinajstić information content (AvgIpc) is 2.25. The summed E-state index contributed by atoms with van der Waals surface area (Å²) < 4.78 is 5.72. The van der Waals surface area contributed by atoms with E-state index in [9.17, 15) is 5.11 Å². The van der Waals surface area contributed by atoms with Crippen LogP contribution in [0.2, 0.25) is 0 Å². The summed E-state index contributed by atoms with van der Waals surface area (Å²) in [4.78, 5) is 2.13. The minimum absolute atomic E-state index is 0.0324. The SMILES string of the molecule is Cc1cccc(CO)c1OCCCN(C)C. The number of aliphatic hydroxyl groups is 1. The summed E-state index contributed by atoms with van der Waals surface area (Å²) in [6, 6.07) is 5.84. The molecule has 1 rings (SSSR count). The van der Waals surface area contributed by atoms with E-state index in [1.54, 1.807) is 0 Å². The highest BCUT2D eigenvalue weighted by Gasteiger charge is 2.05. The molecule has 3 heteroatoms. The topological polar surface area (TPSA) is 32.7 Å². The second-order valence-electron chi connectivity index (χ2n) is 4.23. The van der Waals surface area contributed by atoms with Gasteiger partial charge in [0.2, 0.25) is 0 Å². The first-order chi connectivity index (χ1) is 7.65. The Hall–Kier alpha value is -1.06. The quantitative estimate of drug-likeness (QED) is 0.747. The summed E-state index contributed by atoms with van der Waals surface area (Å²) in [7, 11) is 4.10. The molecular weight excluding hydrogens is 202 g/mol. The van der Waals surface area contributed by atoms with Crippen LogP contribution in [-0.2, 0) is 6.61 Å². The zero-order chi connectivity index (χ0) is 12.0. The van der Waals surface area contributed by atoms with Crippen LogP contribution in [0.4, 0.5) is 0 Å². The van der Waals surface area contributed by atoms with Gasteiger partial charge in [0.15, 0.2) is 0 Å². The Morgan fingerprint density at radius 2 is 2.06 bits per heavy atom.